The van der Waals surface area contributed by atoms with Crippen molar-refractivity contribution in [3.8, 4) is 9.75 Å². The van der Waals surface area contributed by atoms with Gasteiger partial charge in [0, 0.05) is 32.3 Å². The first kappa shape index (κ1) is 19.4. The van der Waals surface area contributed by atoms with Gasteiger partial charge in [-0.05, 0) is 61.2 Å². The van der Waals surface area contributed by atoms with Crippen LogP contribution < -0.4 is 4.90 Å². The molecule has 0 amide bonds. The molecule has 0 aliphatic carbocycles. The third-order valence-corrected chi connectivity index (χ3v) is 9.59. The van der Waals surface area contributed by atoms with Crippen molar-refractivity contribution < 1.29 is 4.74 Å². The zero-order chi connectivity index (χ0) is 20.2. The summed E-state index contributed by atoms with van der Waals surface area (Å²) in [4.78, 5) is 6.41. The SMILES string of the molecule is CSc1ccc(-c2ccc(/C=C/C34OCCN3c3ccc(C)cc3C4(C)C)s2)s1. The first-order valence-corrected chi connectivity index (χ1v) is 12.8. The smallest absolute Gasteiger partial charge is 0.170 e. The van der Waals surface area contributed by atoms with Gasteiger partial charge < -0.3 is 9.64 Å². The predicted octanol–water partition coefficient (Wildman–Crippen LogP) is 7.04. The Balaban J connectivity index is 1.49. The number of rotatable bonds is 4. The van der Waals surface area contributed by atoms with Gasteiger partial charge in [0.25, 0.3) is 0 Å². The summed E-state index contributed by atoms with van der Waals surface area (Å²) in [6, 6.07) is 15.7. The van der Waals surface area contributed by atoms with Crippen molar-refractivity contribution in [1.82, 2.24) is 0 Å². The standard InChI is InChI=1S/C24H25NOS3/c1-16-5-7-19-18(15-16)23(2,3)24(25(19)13-14-26-24)12-11-17-6-8-20(28-17)21-9-10-22(27-4)29-21/h5-12,15H,13-14H2,1-4H3/b12-11+. The lowest BCUT2D eigenvalue weighted by molar-refractivity contribution is 0.000337. The Morgan fingerprint density at radius 1 is 1.07 bits per heavy atom. The highest BCUT2D eigenvalue weighted by atomic mass is 32.2. The molecule has 1 saturated heterocycles. The van der Waals surface area contributed by atoms with Crippen molar-refractivity contribution in [3.63, 3.8) is 0 Å². The number of hydrogen-bond donors (Lipinski definition) is 0. The summed E-state index contributed by atoms with van der Waals surface area (Å²) in [6.45, 7) is 8.51. The van der Waals surface area contributed by atoms with Gasteiger partial charge >= 0.3 is 0 Å². The molecular formula is C24H25NOS3. The lowest BCUT2D eigenvalue weighted by Crippen LogP contribution is -2.51. The number of anilines is 1. The molecule has 1 fully saturated rings. The van der Waals surface area contributed by atoms with Crippen molar-refractivity contribution in [2.75, 3.05) is 24.3 Å². The lowest BCUT2D eigenvalue weighted by Gasteiger charge is -2.39. The highest BCUT2D eigenvalue weighted by Gasteiger charge is 2.59. The summed E-state index contributed by atoms with van der Waals surface area (Å²) in [5.41, 5.74) is 3.49. The Morgan fingerprint density at radius 2 is 1.86 bits per heavy atom. The van der Waals surface area contributed by atoms with E-state index in [1.165, 1.54) is 35.7 Å². The fourth-order valence-electron chi connectivity index (χ4n) is 4.61. The van der Waals surface area contributed by atoms with Gasteiger partial charge in [-0.3, -0.25) is 0 Å². The number of benzene rings is 1. The van der Waals surface area contributed by atoms with Crippen LogP contribution in [0.1, 0.15) is 29.9 Å². The molecule has 3 aromatic rings. The second-order valence-electron chi connectivity index (χ2n) is 8.20. The van der Waals surface area contributed by atoms with Gasteiger partial charge in [-0.2, -0.15) is 0 Å². The molecule has 0 saturated carbocycles. The van der Waals surface area contributed by atoms with Crippen molar-refractivity contribution in [2.45, 2.75) is 36.1 Å². The molecule has 5 heteroatoms. The van der Waals surface area contributed by atoms with Crippen molar-refractivity contribution >= 4 is 46.2 Å². The maximum absolute atomic E-state index is 6.48. The van der Waals surface area contributed by atoms with Gasteiger partial charge in [-0.25, -0.2) is 0 Å². The molecule has 2 aromatic heterocycles. The van der Waals surface area contributed by atoms with Crippen LogP contribution in [0.5, 0.6) is 0 Å². The van der Waals surface area contributed by atoms with Gasteiger partial charge in [0.05, 0.1) is 10.8 Å². The number of thioether (sulfide) groups is 1. The quantitative estimate of drug-likeness (QED) is 0.404. The molecule has 2 nitrogen and oxygen atoms in total. The van der Waals surface area contributed by atoms with E-state index in [2.05, 4.69) is 86.5 Å². The first-order chi connectivity index (χ1) is 13.9. The lowest BCUT2D eigenvalue weighted by atomic mass is 9.77. The van der Waals surface area contributed by atoms with Crippen LogP contribution in [-0.2, 0) is 10.2 Å². The normalized spacial score (nSPS) is 22.4. The molecule has 1 unspecified atom stereocenters. The van der Waals surface area contributed by atoms with Crippen LogP contribution in [0.15, 0.2) is 52.7 Å². The Bertz CT molecular complexity index is 1090. The molecule has 29 heavy (non-hydrogen) atoms. The van der Waals surface area contributed by atoms with Crippen LogP contribution in [-0.4, -0.2) is 25.1 Å². The van der Waals surface area contributed by atoms with E-state index in [0.29, 0.717) is 0 Å². The van der Waals surface area contributed by atoms with Crippen LogP contribution in [0.2, 0.25) is 0 Å². The van der Waals surface area contributed by atoms with E-state index >= 15 is 0 Å². The van der Waals surface area contributed by atoms with Crippen LogP contribution >= 0.6 is 34.4 Å². The molecule has 2 aliphatic heterocycles. The highest BCUT2D eigenvalue weighted by molar-refractivity contribution is 8.00. The molecule has 2 aliphatic rings. The van der Waals surface area contributed by atoms with Crippen LogP contribution in [0.25, 0.3) is 15.8 Å². The molecule has 0 N–H and O–H groups in total. The second-order valence-corrected chi connectivity index (χ2v) is 11.5. The molecule has 1 atom stereocenters. The average molecular weight is 440 g/mol. The Morgan fingerprint density at radius 3 is 2.66 bits per heavy atom. The third-order valence-electron chi connectivity index (χ3n) is 6.18. The number of thiophene rings is 2. The van der Waals surface area contributed by atoms with Crippen molar-refractivity contribution in [3.05, 3.63) is 64.5 Å². The summed E-state index contributed by atoms with van der Waals surface area (Å²) < 4.78 is 7.84. The molecule has 1 aromatic carbocycles. The molecule has 0 spiro atoms. The van der Waals surface area contributed by atoms with Gasteiger partial charge in [0.1, 0.15) is 0 Å². The Hall–Kier alpha value is -1.53. The Labute approximate surface area is 185 Å². The van der Waals surface area contributed by atoms with E-state index in [0.717, 1.165) is 13.2 Å². The zero-order valence-electron chi connectivity index (χ0n) is 17.2. The van der Waals surface area contributed by atoms with E-state index < -0.39 is 5.72 Å². The van der Waals surface area contributed by atoms with Crippen molar-refractivity contribution in [1.29, 1.82) is 0 Å². The van der Waals surface area contributed by atoms with E-state index in [4.69, 9.17) is 4.74 Å². The number of fused-ring (bicyclic) bond motifs is 3. The van der Waals surface area contributed by atoms with Crippen molar-refractivity contribution in [2.24, 2.45) is 0 Å². The van der Waals surface area contributed by atoms with Gasteiger partial charge in [-0.1, -0.05) is 31.5 Å². The molecule has 0 bridgehead atoms. The molecule has 150 valence electrons. The summed E-state index contributed by atoms with van der Waals surface area (Å²) in [5.74, 6) is 0. The van der Waals surface area contributed by atoms with Crippen LogP contribution in [0.3, 0.4) is 0 Å². The summed E-state index contributed by atoms with van der Waals surface area (Å²) >= 11 is 5.53. The van der Waals surface area contributed by atoms with Gasteiger partial charge in [0.15, 0.2) is 5.72 Å². The minimum absolute atomic E-state index is 0.109. The summed E-state index contributed by atoms with van der Waals surface area (Å²) in [5, 5.41) is 0. The first-order valence-electron chi connectivity index (χ1n) is 9.91. The number of nitrogens with zero attached hydrogens (tertiary/aromatic N) is 1. The maximum Gasteiger partial charge on any atom is 0.170 e. The van der Waals surface area contributed by atoms with E-state index in [9.17, 15) is 0 Å². The minimum atomic E-state index is -0.414. The second kappa shape index (κ2) is 7.02. The summed E-state index contributed by atoms with van der Waals surface area (Å²) in [7, 11) is 0. The van der Waals surface area contributed by atoms with E-state index in [1.54, 1.807) is 0 Å². The average Bonchev–Trinajstić information content (AvgIpc) is 3.46. The Kier molecular flexibility index (Phi) is 4.70. The molecule has 4 heterocycles. The molecule has 0 radical (unpaired) electrons. The fraction of sp³-hybridized carbons (Fsp3) is 0.333. The number of ether oxygens (including phenoxy) is 1. The van der Waals surface area contributed by atoms with Gasteiger partial charge in [-0.15, -0.1) is 34.4 Å². The topological polar surface area (TPSA) is 12.5 Å². The van der Waals surface area contributed by atoms with E-state index in [-0.39, 0.29) is 5.41 Å². The largest absolute Gasteiger partial charge is 0.349 e. The van der Waals surface area contributed by atoms with Gasteiger partial charge in [0.2, 0.25) is 0 Å². The van der Waals surface area contributed by atoms with Crippen LogP contribution in [0, 0.1) is 6.92 Å². The predicted molar refractivity (Wildman–Crippen MR) is 129 cm³/mol. The highest BCUT2D eigenvalue weighted by Crippen LogP contribution is 2.55. The minimum Gasteiger partial charge on any atom is -0.349 e. The number of aryl methyl sites for hydroxylation is 1. The van der Waals surface area contributed by atoms with Crippen LogP contribution in [0.4, 0.5) is 5.69 Å². The summed E-state index contributed by atoms with van der Waals surface area (Å²) in [6.07, 6.45) is 6.69. The zero-order valence-corrected chi connectivity index (χ0v) is 19.6. The molecular weight excluding hydrogens is 414 g/mol. The van der Waals surface area contributed by atoms with E-state index in [1.807, 2.05) is 34.4 Å². The molecule has 5 rings (SSSR count). The number of hydrogen-bond acceptors (Lipinski definition) is 5. The third kappa shape index (κ3) is 2.94. The monoisotopic (exact) mass is 439 g/mol. The maximum atomic E-state index is 6.48. The fourth-order valence-corrected chi connectivity index (χ4v) is 7.16.